The van der Waals surface area contributed by atoms with Crippen molar-refractivity contribution in [3.05, 3.63) is 0 Å². The minimum Gasteiger partial charge on any atom is -0.466 e. The van der Waals surface area contributed by atoms with Crippen LogP contribution in [0.1, 0.15) is 32.6 Å². The van der Waals surface area contributed by atoms with Gasteiger partial charge in [-0.25, -0.2) is 0 Å². The number of esters is 1. The van der Waals surface area contributed by atoms with Gasteiger partial charge in [0.25, 0.3) is 0 Å². The van der Waals surface area contributed by atoms with Crippen LogP contribution in [0.15, 0.2) is 0 Å². The van der Waals surface area contributed by atoms with Gasteiger partial charge < -0.3 is 4.74 Å². The van der Waals surface area contributed by atoms with E-state index in [2.05, 4.69) is 0 Å². The molecule has 0 aromatic rings. The van der Waals surface area contributed by atoms with Crippen molar-refractivity contribution in [2.24, 2.45) is 5.92 Å². The van der Waals surface area contributed by atoms with Crippen LogP contribution in [-0.4, -0.2) is 56.0 Å². The van der Waals surface area contributed by atoms with E-state index < -0.39 is 10.2 Å². The molecule has 0 amide bonds. The fraction of sp³-hybridized carbons (Fsp3) is 0.917. The third-order valence-corrected chi connectivity index (χ3v) is 5.45. The molecule has 0 aromatic heterocycles. The van der Waals surface area contributed by atoms with Gasteiger partial charge in [0.05, 0.1) is 19.1 Å². The van der Waals surface area contributed by atoms with Gasteiger partial charge in [-0.3, -0.25) is 9.63 Å². The fourth-order valence-electron chi connectivity index (χ4n) is 2.47. The van der Waals surface area contributed by atoms with Crippen molar-refractivity contribution < 1.29 is 22.8 Å². The van der Waals surface area contributed by atoms with Crippen molar-refractivity contribution in [2.75, 3.05) is 32.8 Å². The topological polar surface area (TPSA) is 76.2 Å². The third kappa shape index (κ3) is 3.49. The predicted molar refractivity (Wildman–Crippen MR) is 71.7 cm³/mol. The molecule has 0 N–H and O–H groups in total. The summed E-state index contributed by atoms with van der Waals surface area (Å²) in [4.78, 5) is 16.9. The Hall–Kier alpha value is -0.700. The summed E-state index contributed by atoms with van der Waals surface area (Å²) in [5, 5.41) is 0. The number of carbonyl (C=O) groups excluding carboxylic acids is 1. The largest absolute Gasteiger partial charge is 0.466 e. The van der Waals surface area contributed by atoms with E-state index >= 15 is 0 Å². The molecule has 2 aliphatic heterocycles. The van der Waals surface area contributed by atoms with Crippen molar-refractivity contribution in [3.63, 3.8) is 0 Å². The van der Waals surface area contributed by atoms with Gasteiger partial charge in [-0.1, -0.05) is 4.47 Å². The van der Waals surface area contributed by atoms with E-state index in [4.69, 9.17) is 9.57 Å². The maximum atomic E-state index is 12.4. The first-order chi connectivity index (χ1) is 9.55. The minimum absolute atomic E-state index is 0.191. The summed E-state index contributed by atoms with van der Waals surface area (Å²) in [5.41, 5.74) is 0. The zero-order valence-corrected chi connectivity index (χ0v) is 12.6. The van der Waals surface area contributed by atoms with Crippen LogP contribution in [-0.2, 0) is 24.6 Å². The van der Waals surface area contributed by atoms with Crippen LogP contribution >= 0.6 is 0 Å². The normalized spacial score (nSPS) is 23.6. The molecule has 2 fully saturated rings. The molecule has 0 radical (unpaired) electrons. The number of nitrogens with zero attached hydrogens (tertiary/aromatic N) is 2. The molecule has 7 nitrogen and oxygen atoms in total. The van der Waals surface area contributed by atoms with Crippen molar-refractivity contribution in [3.8, 4) is 0 Å². The maximum Gasteiger partial charge on any atom is 0.309 e. The molecular formula is C12H22N2O5S. The summed E-state index contributed by atoms with van der Waals surface area (Å²) >= 11 is 0. The van der Waals surface area contributed by atoms with Gasteiger partial charge in [0.2, 0.25) is 0 Å². The zero-order valence-electron chi connectivity index (χ0n) is 11.8. The monoisotopic (exact) mass is 306 g/mol. The van der Waals surface area contributed by atoms with Gasteiger partial charge in [-0.05, 0) is 32.6 Å². The maximum absolute atomic E-state index is 12.4. The second-order valence-electron chi connectivity index (χ2n) is 5.00. The minimum atomic E-state index is -3.55. The molecule has 0 bridgehead atoms. The highest BCUT2D eigenvalue weighted by atomic mass is 32.2. The molecule has 0 saturated carbocycles. The molecule has 0 aliphatic carbocycles. The molecule has 0 atom stereocenters. The second-order valence-corrected chi connectivity index (χ2v) is 6.82. The van der Waals surface area contributed by atoms with Crippen LogP contribution in [0, 0.1) is 5.92 Å². The molecule has 2 aliphatic rings. The summed E-state index contributed by atoms with van der Waals surface area (Å²) in [6, 6.07) is 0. The van der Waals surface area contributed by atoms with Crippen molar-refractivity contribution in [2.45, 2.75) is 32.6 Å². The van der Waals surface area contributed by atoms with Gasteiger partial charge in [-0.2, -0.15) is 12.7 Å². The highest BCUT2D eigenvalue weighted by Gasteiger charge is 2.36. The Kier molecular flexibility index (Phi) is 5.36. The smallest absolute Gasteiger partial charge is 0.309 e. The number of piperidine rings is 1. The Balaban J connectivity index is 1.90. The molecule has 20 heavy (non-hydrogen) atoms. The first kappa shape index (κ1) is 15.7. The lowest BCUT2D eigenvalue weighted by Crippen LogP contribution is -2.49. The Morgan fingerprint density at radius 1 is 1.25 bits per heavy atom. The van der Waals surface area contributed by atoms with Crippen LogP contribution in [0.5, 0.6) is 0 Å². The lowest BCUT2D eigenvalue weighted by Gasteiger charge is -2.34. The molecule has 0 unspecified atom stereocenters. The first-order valence-electron chi connectivity index (χ1n) is 7.13. The van der Waals surface area contributed by atoms with Crippen molar-refractivity contribution in [1.82, 2.24) is 8.77 Å². The Labute approximate surface area is 120 Å². The average molecular weight is 306 g/mol. The molecule has 116 valence electrons. The van der Waals surface area contributed by atoms with E-state index in [0.717, 1.165) is 17.3 Å². The summed E-state index contributed by atoms with van der Waals surface area (Å²) in [7, 11) is -3.55. The van der Waals surface area contributed by atoms with Crippen LogP contribution in [0.3, 0.4) is 0 Å². The quantitative estimate of drug-likeness (QED) is 0.708. The lowest BCUT2D eigenvalue weighted by molar-refractivity contribution is -0.149. The van der Waals surface area contributed by atoms with Gasteiger partial charge in [0.15, 0.2) is 0 Å². The SMILES string of the molecule is CCOC(=O)C1CCN(S(=O)(=O)N2CCCCO2)CC1. The highest BCUT2D eigenvalue weighted by Crippen LogP contribution is 2.23. The van der Waals surface area contributed by atoms with Crippen LogP contribution in [0.4, 0.5) is 0 Å². The molecule has 2 rings (SSSR count). The van der Waals surface area contributed by atoms with E-state index in [1.165, 1.54) is 4.31 Å². The van der Waals surface area contributed by atoms with Crippen molar-refractivity contribution in [1.29, 1.82) is 0 Å². The molecule has 2 saturated heterocycles. The van der Waals surface area contributed by atoms with Crippen LogP contribution in [0.2, 0.25) is 0 Å². The number of rotatable bonds is 4. The van der Waals surface area contributed by atoms with E-state index in [-0.39, 0.29) is 11.9 Å². The van der Waals surface area contributed by atoms with E-state index in [1.807, 2.05) is 0 Å². The number of carbonyl (C=O) groups is 1. The Bertz CT molecular complexity index is 425. The van der Waals surface area contributed by atoms with Gasteiger partial charge in [0, 0.05) is 19.6 Å². The predicted octanol–water partition coefficient (Wildman–Crippen LogP) is 0.534. The highest BCUT2D eigenvalue weighted by molar-refractivity contribution is 7.86. The van der Waals surface area contributed by atoms with E-state index in [1.54, 1.807) is 6.92 Å². The van der Waals surface area contributed by atoms with Crippen LogP contribution < -0.4 is 0 Å². The van der Waals surface area contributed by atoms with E-state index in [0.29, 0.717) is 45.7 Å². The van der Waals surface area contributed by atoms with Gasteiger partial charge in [-0.15, -0.1) is 0 Å². The molecule has 0 spiro atoms. The summed E-state index contributed by atoms with van der Waals surface area (Å²) < 4.78 is 32.2. The Morgan fingerprint density at radius 3 is 2.50 bits per heavy atom. The molecular weight excluding hydrogens is 284 g/mol. The van der Waals surface area contributed by atoms with Gasteiger partial charge in [0.1, 0.15) is 0 Å². The molecule has 2 heterocycles. The lowest BCUT2D eigenvalue weighted by atomic mass is 9.98. The van der Waals surface area contributed by atoms with E-state index in [9.17, 15) is 13.2 Å². The summed E-state index contributed by atoms with van der Waals surface area (Å²) in [6.45, 7) is 3.65. The molecule has 8 heteroatoms. The number of hydroxylamine groups is 1. The number of hydrogen-bond donors (Lipinski definition) is 0. The summed E-state index contributed by atoms with van der Waals surface area (Å²) in [6.07, 6.45) is 2.72. The standard InChI is InChI=1S/C12H22N2O5S/c1-2-18-12(15)11-5-8-13(9-6-11)20(16,17)14-7-3-4-10-19-14/h11H,2-10H2,1H3. The third-order valence-electron chi connectivity index (χ3n) is 3.63. The first-order valence-corrected chi connectivity index (χ1v) is 8.52. The van der Waals surface area contributed by atoms with Crippen LogP contribution in [0.25, 0.3) is 0 Å². The average Bonchev–Trinajstić information content (AvgIpc) is 2.48. The van der Waals surface area contributed by atoms with Gasteiger partial charge >= 0.3 is 16.2 Å². The van der Waals surface area contributed by atoms with Crippen molar-refractivity contribution >= 4 is 16.2 Å². The second kappa shape index (κ2) is 6.84. The molecule has 0 aromatic carbocycles. The fourth-order valence-corrected chi connectivity index (χ4v) is 3.96. The number of ether oxygens (including phenoxy) is 1. The zero-order chi connectivity index (χ0) is 14.6. The Morgan fingerprint density at radius 2 is 1.95 bits per heavy atom. The number of hydrogen-bond acceptors (Lipinski definition) is 5. The summed E-state index contributed by atoms with van der Waals surface area (Å²) in [5.74, 6) is -0.414.